The zero-order valence-electron chi connectivity index (χ0n) is 10.3. The molecule has 4 atom stereocenters. The van der Waals surface area contributed by atoms with Crippen LogP contribution in [0.2, 0.25) is 0 Å². The lowest BCUT2D eigenvalue weighted by atomic mass is 9.83. The number of rotatable bonds is 7. The Kier molecular flexibility index (Phi) is 5.97. The largest absolute Gasteiger partial charge is 0.393 e. The van der Waals surface area contributed by atoms with E-state index >= 15 is 0 Å². The van der Waals surface area contributed by atoms with Crippen LogP contribution in [0.15, 0.2) is 0 Å². The van der Waals surface area contributed by atoms with Crippen LogP contribution < -0.4 is 0 Å². The molecule has 0 aliphatic heterocycles. The van der Waals surface area contributed by atoms with Crippen LogP contribution in [0.5, 0.6) is 0 Å². The Morgan fingerprint density at radius 2 is 1.35 bits per heavy atom. The van der Waals surface area contributed by atoms with Gasteiger partial charge in [0.05, 0.1) is 12.2 Å². The zero-order chi connectivity index (χ0) is 13.8. The number of hydrogen-bond acceptors (Lipinski definition) is 6. The van der Waals surface area contributed by atoms with Crippen molar-refractivity contribution in [3.05, 3.63) is 10.1 Å². The van der Waals surface area contributed by atoms with E-state index in [1.807, 2.05) is 0 Å². The van der Waals surface area contributed by atoms with E-state index < -0.39 is 34.9 Å². The van der Waals surface area contributed by atoms with Gasteiger partial charge < -0.3 is 20.4 Å². The van der Waals surface area contributed by atoms with Crippen LogP contribution in [0, 0.1) is 10.1 Å². The molecule has 17 heavy (non-hydrogen) atoms. The molecular formula is C10H21NO6. The van der Waals surface area contributed by atoms with Crippen molar-refractivity contribution in [3.63, 3.8) is 0 Å². The number of aliphatic hydroxyl groups is 4. The highest BCUT2D eigenvalue weighted by Gasteiger charge is 2.52. The van der Waals surface area contributed by atoms with Gasteiger partial charge in [0.15, 0.2) is 0 Å². The first-order chi connectivity index (χ1) is 7.62. The summed E-state index contributed by atoms with van der Waals surface area (Å²) in [6.07, 6.45) is -5.24. The van der Waals surface area contributed by atoms with Crippen molar-refractivity contribution >= 4 is 0 Å². The van der Waals surface area contributed by atoms with Gasteiger partial charge in [-0.2, -0.15) is 0 Å². The molecule has 0 saturated carbocycles. The highest BCUT2D eigenvalue weighted by atomic mass is 16.6. The van der Waals surface area contributed by atoms with Crippen molar-refractivity contribution in [2.75, 3.05) is 0 Å². The highest BCUT2D eigenvalue weighted by Crippen LogP contribution is 2.26. The van der Waals surface area contributed by atoms with Gasteiger partial charge in [-0.1, -0.05) is 0 Å². The fraction of sp³-hybridized carbons (Fsp3) is 1.00. The average Bonchev–Trinajstić information content (AvgIpc) is 2.13. The van der Waals surface area contributed by atoms with Crippen LogP contribution in [0.25, 0.3) is 0 Å². The Morgan fingerprint density at radius 3 is 1.53 bits per heavy atom. The molecule has 0 fully saturated rings. The van der Waals surface area contributed by atoms with Gasteiger partial charge in [-0.15, -0.1) is 0 Å². The molecule has 0 spiro atoms. The standard InChI is InChI=1S/C10H21NO6/c1-6(12)4-8(14)10(3,11(16)17)9(15)5-7(2)13/h6-9,12-15H,4-5H2,1-3H3. The van der Waals surface area contributed by atoms with Gasteiger partial charge in [0.1, 0.15) is 12.2 Å². The van der Waals surface area contributed by atoms with E-state index in [0.717, 1.165) is 6.92 Å². The maximum Gasteiger partial charge on any atom is 0.270 e. The molecule has 0 aliphatic rings. The van der Waals surface area contributed by atoms with Crippen molar-refractivity contribution in [3.8, 4) is 0 Å². The monoisotopic (exact) mass is 251 g/mol. The van der Waals surface area contributed by atoms with Gasteiger partial charge >= 0.3 is 0 Å². The highest BCUT2D eigenvalue weighted by molar-refractivity contribution is 4.91. The normalized spacial score (nSPS) is 22.3. The molecule has 0 aromatic rings. The van der Waals surface area contributed by atoms with Crippen molar-refractivity contribution in [1.29, 1.82) is 0 Å². The Morgan fingerprint density at radius 1 is 1.06 bits per heavy atom. The van der Waals surface area contributed by atoms with Crippen LogP contribution in [-0.2, 0) is 0 Å². The third-order valence-corrected chi connectivity index (χ3v) is 2.87. The van der Waals surface area contributed by atoms with Crippen molar-refractivity contribution in [2.24, 2.45) is 0 Å². The fourth-order valence-corrected chi connectivity index (χ4v) is 1.59. The predicted octanol–water partition coefficient (Wildman–Crippen LogP) is -0.715. The summed E-state index contributed by atoms with van der Waals surface area (Å²) in [5, 5.41) is 48.7. The molecule has 4 unspecified atom stereocenters. The molecule has 0 rings (SSSR count). The minimum atomic E-state index is -2.01. The quantitative estimate of drug-likeness (QED) is 0.350. The number of nitrogens with zero attached hydrogens (tertiary/aromatic N) is 1. The molecular weight excluding hydrogens is 230 g/mol. The van der Waals surface area contributed by atoms with Gasteiger partial charge in [0.2, 0.25) is 0 Å². The van der Waals surface area contributed by atoms with Gasteiger partial charge in [-0.25, -0.2) is 0 Å². The molecule has 0 heterocycles. The van der Waals surface area contributed by atoms with Crippen molar-refractivity contribution in [2.45, 2.75) is 63.6 Å². The Labute approximate surface area is 99.9 Å². The van der Waals surface area contributed by atoms with E-state index in [4.69, 9.17) is 10.2 Å². The first kappa shape index (κ1) is 16.2. The van der Waals surface area contributed by atoms with E-state index in [2.05, 4.69) is 0 Å². The maximum atomic E-state index is 11.0. The summed E-state index contributed by atoms with van der Waals surface area (Å²) in [6, 6.07) is 0. The summed E-state index contributed by atoms with van der Waals surface area (Å²) in [7, 11) is 0. The van der Waals surface area contributed by atoms with Gasteiger partial charge in [-0.3, -0.25) is 10.1 Å². The zero-order valence-corrected chi connectivity index (χ0v) is 10.3. The molecule has 7 heteroatoms. The van der Waals surface area contributed by atoms with Crippen LogP contribution in [0.3, 0.4) is 0 Å². The summed E-state index contributed by atoms with van der Waals surface area (Å²) >= 11 is 0. The van der Waals surface area contributed by atoms with E-state index in [-0.39, 0.29) is 12.8 Å². The molecule has 0 bridgehead atoms. The van der Waals surface area contributed by atoms with E-state index in [1.54, 1.807) is 0 Å². The van der Waals surface area contributed by atoms with E-state index in [0.29, 0.717) is 0 Å². The number of aliphatic hydroxyl groups excluding tert-OH is 4. The number of nitro groups is 1. The molecule has 0 aliphatic carbocycles. The third-order valence-electron chi connectivity index (χ3n) is 2.87. The summed E-state index contributed by atoms with van der Waals surface area (Å²) in [4.78, 5) is 10.2. The van der Waals surface area contributed by atoms with Gasteiger partial charge in [0.25, 0.3) is 5.54 Å². The second-order valence-corrected chi connectivity index (χ2v) is 4.68. The minimum absolute atomic E-state index is 0.214. The molecule has 102 valence electrons. The summed E-state index contributed by atoms with van der Waals surface area (Å²) < 4.78 is 0. The van der Waals surface area contributed by atoms with Crippen molar-refractivity contribution < 1.29 is 25.3 Å². The molecule has 7 nitrogen and oxygen atoms in total. The first-order valence-electron chi connectivity index (χ1n) is 5.49. The SMILES string of the molecule is CC(O)CC(O)C(C)(C(O)CC(C)O)[N+](=O)[O-]. The Bertz CT molecular complexity index is 239. The van der Waals surface area contributed by atoms with Crippen LogP contribution >= 0.6 is 0 Å². The van der Waals surface area contributed by atoms with Crippen LogP contribution in [-0.4, -0.2) is 55.3 Å². The molecule has 0 aromatic carbocycles. The Hall–Kier alpha value is -0.760. The minimum Gasteiger partial charge on any atom is -0.393 e. The summed E-state index contributed by atoms with van der Waals surface area (Å²) in [5.41, 5.74) is -2.01. The Balaban J connectivity index is 4.95. The van der Waals surface area contributed by atoms with Crippen LogP contribution in [0.4, 0.5) is 0 Å². The number of hydrogen-bond donors (Lipinski definition) is 4. The molecule has 0 amide bonds. The van der Waals surface area contributed by atoms with Crippen LogP contribution in [0.1, 0.15) is 33.6 Å². The lowest BCUT2D eigenvalue weighted by Gasteiger charge is -2.31. The molecule has 0 saturated heterocycles. The topological polar surface area (TPSA) is 124 Å². The van der Waals surface area contributed by atoms with Gasteiger partial charge in [0, 0.05) is 24.7 Å². The lowest BCUT2D eigenvalue weighted by Crippen LogP contribution is -2.57. The first-order valence-corrected chi connectivity index (χ1v) is 5.49. The lowest BCUT2D eigenvalue weighted by molar-refractivity contribution is -0.592. The molecule has 0 radical (unpaired) electrons. The summed E-state index contributed by atoms with van der Waals surface area (Å²) in [5.74, 6) is 0. The molecule has 0 aromatic heterocycles. The second kappa shape index (κ2) is 6.25. The smallest absolute Gasteiger partial charge is 0.270 e. The second-order valence-electron chi connectivity index (χ2n) is 4.68. The summed E-state index contributed by atoms with van der Waals surface area (Å²) in [6.45, 7) is 3.89. The predicted molar refractivity (Wildman–Crippen MR) is 60.0 cm³/mol. The van der Waals surface area contributed by atoms with Gasteiger partial charge in [-0.05, 0) is 13.8 Å². The van der Waals surface area contributed by atoms with Crippen molar-refractivity contribution in [1.82, 2.24) is 0 Å². The van der Waals surface area contributed by atoms with E-state index in [9.17, 15) is 20.3 Å². The molecule has 4 N–H and O–H groups in total. The average molecular weight is 251 g/mol. The fourth-order valence-electron chi connectivity index (χ4n) is 1.59. The third kappa shape index (κ3) is 4.19. The van der Waals surface area contributed by atoms with E-state index in [1.165, 1.54) is 13.8 Å². The maximum absolute atomic E-state index is 11.0.